The van der Waals surface area contributed by atoms with E-state index in [2.05, 4.69) is 4.98 Å². The van der Waals surface area contributed by atoms with Gasteiger partial charge < -0.3 is 10.0 Å². The van der Waals surface area contributed by atoms with Crippen molar-refractivity contribution < 1.29 is 23.1 Å². The molecule has 0 radical (unpaired) electrons. The molecule has 1 unspecified atom stereocenters. The third-order valence-electron chi connectivity index (χ3n) is 5.16. The van der Waals surface area contributed by atoms with Crippen molar-refractivity contribution in [3.63, 3.8) is 0 Å². The van der Waals surface area contributed by atoms with Gasteiger partial charge in [0.2, 0.25) is 0 Å². The normalized spacial score (nSPS) is 19.4. The van der Waals surface area contributed by atoms with Gasteiger partial charge in [-0.25, -0.2) is 4.98 Å². The number of nitrogens with zero attached hydrogens (tertiary/aromatic N) is 3. The minimum Gasteiger partial charge on any atom is -0.388 e. The number of carbonyl (C=O) groups excluding carboxylic acids is 1. The summed E-state index contributed by atoms with van der Waals surface area (Å²) in [6, 6.07) is 9.91. The Morgan fingerprint density at radius 2 is 1.90 bits per heavy atom. The molecule has 9 heteroatoms. The highest BCUT2D eigenvalue weighted by atomic mass is 19.4. The Bertz CT molecular complexity index is 1180. The van der Waals surface area contributed by atoms with Gasteiger partial charge in [0, 0.05) is 36.5 Å². The first-order chi connectivity index (χ1) is 14.0. The zero-order chi connectivity index (χ0) is 21.7. The molecule has 1 fully saturated rings. The maximum Gasteiger partial charge on any atom is 0.433 e. The van der Waals surface area contributed by atoms with Crippen molar-refractivity contribution >= 4 is 11.6 Å². The molecule has 3 aromatic rings. The predicted octanol–water partition coefficient (Wildman–Crippen LogP) is 2.98. The Kier molecular flexibility index (Phi) is 4.65. The van der Waals surface area contributed by atoms with E-state index in [4.69, 9.17) is 0 Å². The number of halogens is 3. The van der Waals surface area contributed by atoms with Gasteiger partial charge in [-0.3, -0.25) is 14.0 Å². The van der Waals surface area contributed by atoms with E-state index < -0.39 is 23.0 Å². The number of carbonyl (C=O) groups is 1. The fourth-order valence-electron chi connectivity index (χ4n) is 3.59. The van der Waals surface area contributed by atoms with E-state index in [0.29, 0.717) is 35.7 Å². The van der Waals surface area contributed by atoms with Crippen LogP contribution in [0.15, 0.2) is 53.5 Å². The summed E-state index contributed by atoms with van der Waals surface area (Å²) in [5, 5.41) is 10.0. The molecular formula is C21H18F3N3O3. The zero-order valence-electron chi connectivity index (χ0n) is 16.0. The Labute approximate surface area is 169 Å². The summed E-state index contributed by atoms with van der Waals surface area (Å²) in [7, 11) is 0. The van der Waals surface area contributed by atoms with Crippen LogP contribution in [0.5, 0.6) is 0 Å². The van der Waals surface area contributed by atoms with E-state index in [1.807, 2.05) is 0 Å². The number of aromatic nitrogens is 2. The first kappa shape index (κ1) is 20.1. The molecule has 1 amide bonds. The Hall–Kier alpha value is -3.20. The number of β-amino-alcohol motifs (C(OH)–C–C–N with tert-alkyl or cyclic N) is 1. The second-order valence-electron chi connectivity index (χ2n) is 7.64. The number of rotatable bonds is 2. The second kappa shape index (κ2) is 6.94. The monoisotopic (exact) mass is 417 g/mol. The Morgan fingerprint density at radius 1 is 1.20 bits per heavy atom. The SMILES string of the molecule is CC1(O)CCN(C(=O)c2ccc(-c3cccn4c(=O)cc(C(F)(F)F)nc34)cc2)C1. The maximum absolute atomic E-state index is 13.1. The summed E-state index contributed by atoms with van der Waals surface area (Å²) in [5.41, 5.74) is -1.86. The highest BCUT2D eigenvalue weighted by Crippen LogP contribution is 2.29. The van der Waals surface area contributed by atoms with Crippen LogP contribution in [-0.4, -0.2) is 44.0 Å². The molecule has 0 saturated carbocycles. The van der Waals surface area contributed by atoms with Crippen LogP contribution in [0.2, 0.25) is 0 Å². The van der Waals surface area contributed by atoms with Gasteiger partial charge in [0.15, 0.2) is 5.69 Å². The van der Waals surface area contributed by atoms with Gasteiger partial charge >= 0.3 is 6.18 Å². The standard InChI is InChI=1S/C21H18F3N3O3/c1-20(30)8-10-26(12-20)19(29)14-6-4-13(5-7-14)15-3-2-9-27-17(28)11-16(21(22,23)24)25-18(15)27/h2-7,9,11,30H,8,10,12H2,1H3. The van der Waals surface area contributed by atoms with Crippen LogP contribution in [0.3, 0.4) is 0 Å². The Morgan fingerprint density at radius 3 is 2.50 bits per heavy atom. The summed E-state index contributed by atoms with van der Waals surface area (Å²) < 4.78 is 40.4. The van der Waals surface area contributed by atoms with Crippen molar-refractivity contribution in [1.82, 2.24) is 14.3 Å². The average molecular weight is 417 g/mol. The maximum atomic E-state index is 13.1. The van der Waals surface area contributed by atoms with Crippen LogP contribution in [0.4, 0.5) is 13.2 Å². The molecule has 2 aromatic heterocycles. The lowest BCUT2D eigenvalue weighted by molar-refractivity contribution is -0.141. The van der Waals surface area contributed by atoms with Crippen LogP contribution in [-0.2, 0) is 6.18 Å². The molecule has 0 aliphatic carbocycles. The van der Waals surface area contributed by atoms with Gasteiger partial charge in [-0.15, -0.1) is 0 Å². The fourth-order valence-corrected chi connectivity index (χ4v) is 3.59. The van der Waals surface area contributed by atoms with Crippen LogP contribution in [0.25, 0.3) is 16.8 Å². The third-order valence-corrected chi connectivity index (χ3v) is 5.16. The zero-order valence-corrected chi connectivity index (χ0v) is 16.0. The number of likely N-dealkylation sites (tertiary alicyclic amines) is 1. The molecule has 30 heavy (non-hydrogen) atoms. The topological polar surface area (TPSA) is 74.9 Å². The highest BCUT2D eigenvalue weighted by molar-refractivity contribution is 5.95. The first-order valence-corrected chi connectivity index (χ1v) is 9.27. The number of fused-ring (bicyclic) bond motifs is 1. The largest absolute Gasteiger partial charge is 0.433 e. The molecule has 4 rings (SSSR count). The van der Waals surface area contributed by atoms with Gasteiger partial charge in [0.25, 0.3) is 11.5 Å². The van der Waals surface area contributed by atoms with Gasteiger partial charge in [-0.2, -0.15) is 13.2 Å². The number of hydrogen-bond donors (Lipinski definition) is 1. The minimum atomic E-state index is -4.74. The number of aliphatic hydroxyl groups is 1. The second-order valence-corrected chi connectivity index (χ2v) is 7.64. The van der Waals surface area contributed by atoms with E-state index in [9.17, 15) is 27.9 Å². The van der Waals surface area contributed by atoms with E-state index in [1.54, 1.807) is 48.2 Å². The van der Waals surface area contributed by atoms with E-state index >= 15 is 0 Å². The summed E-state index contributed by atoms with van der Waals surface area (Å²) >= 11 is 0. The van der Waals surface area contributed by atoms with Gasteiger partial charge in [0.1, 0.15) is 5.65 Å². The van der Waals surface area contributed by atoms with Gasteiger partial charge in [0.05, 0.1) is 5.60 Å². The van der Waals surface area contributed by atoms with E-state index in [0.717, 1.165) is 4.40 Å². The van der Waals surface area contributed by atoms with Crippen molar-refractivity contribution in [1.29, 1.82) is 0 Å². The van der Waals surface area contributed by atoms with Crippen LogP contribution < -0.4 is 5.56 Å². The van der Waals surface area contributed by atoms with Crippen LogP contribution >= 0.6 is 0 Å². The number of amides is 1. The molecule has 3 heterocycles. The number of pyridine rings is 1. The average Bonchev–Trinajstić information content (AvgIpc) is 3.06. The molecule has 1 aliphatic rings. The van der Waals surface area contributed by atoms with Crippen molar-refractivity contribution in [2.75, 3.05) is 13.1 Å². The lowest BCUT2D eigenvalue weighted by Crippen LogP contribution is -2.33. The lowest BCUT2D eigenvalue weighted by Gasteiger charge is -2.19. The van der Waals surface area contributed by atoms with Crippen molar-refractivity contribution in [3.05, 3.63) is 70.3 Å². The predicted molar refractivity (Wildman–Crippen MR) is 103 cm³/mol. The number of hydrogen-bond acceptors (Lipinski definition) is 4. The molecule has 156 valence electrons. The molecule has 1 saturated heterocycles. The summed E-state index contributed by atoms with van der Waals surface area (Å²) in [4.78, 5) is 30.0. The quantitative estimate of drug-likeness (QED) is 0.696. The summed E-state index contributed by atoms with van der Waals surface area (Å²) in [6.07, 6.45) is -2.89. The molecular weight excluding hydrogens is 399 g/mol. The number of alkyl halides is 3. The summed E-state index contributed by atoms with van der Waals surface area (Å²) in [5.74, 6) is -0.231. The summed E-state index contributed by atoms with van der Waals surface area (Å²) in [6.45, 7) is 2.36. The molecule has 6 nitrogen and oxygen atoms in total. The van der Waals surface area contributed by atoms with E-state index in [-0.39, 0.29) is 18.1 Å². The van der Waals surface area contributed by atoms with Crippen molar-refractivity contribution in [3.8, 4) is 11.1 Å². The van der Waals surface area contributed by atoms with Gasteiger partial charge in [-0.05, 0) is 43.2 Å². The van der Waals surface area contributed by atoms with Gasteiger partial charge in [-0.1, -0.05) is 12.1 Å². The number of benzene rings is 1. The first-order valence-electron chi connectivity index (χ1n) is 9.27. The van der Waals surface area contributed by atoms with Crippen LogP contribution in [0.1, 0.15) is 29.4 Å². The molecule has 1 aliphatic heterocycles. The smallest absolute Gasteiger partial charge is 0.388 e. The van der Waals surface area contributed by atoms with E-state index in [1.165, 1.54) is 6.20 Å². The minimum absolute atomic E-state index is 0.119. The molecule has 1 atom stereocenters. The third kappa shape index (κ3) is 3.68. The molecule has 1 N–H and O–H groups in total. The van der Waals surface area contributed by atoms with Crippen molar-refractivity contribution in [2.45, 2.75) is 25.1 Å². The molecule has 1 aromatic carbocycles. The highest BCUT2D eigenvalue weighted by Gasteiger charge is 2.35. The fraction of sp³-hybridized carbons (Fsp3) is 0.286. The molecule has 0 spiro atoms. The van der Waals surface area contributed by atoms with Crippen molar-refractivity contribution in [2.24, 2.45) is 0 Å². The Balaban J connectivity index is 1.72. The lowest BCUT2D eigenvalue weighted by atomic mass is 10.0. The molecule has 0 bridgehead atoms. The van der Waals surface area contributed by atoms with Crippen LogP contribution in [0, 0.1) is 0 Å².